The van der Waals surface area contributed by atoms with Crippen LogP contribution in [0.1, 0.15) is 0 Å². The van der Waals surface area contributed by atoms with Crippen LogP contribution in [0.4, 0.5) is 14.9 Å². The van der Waals surface area contributed by atoms with Crippen molar-refractivity contribution in [3.8, 4) is 0 Å². The van der Waals surface area contributed by atoms with Gasteiger partial charge in [-0.25, -0.2) is 14.0 Å². The standard InChI is InChI=1S/C10H10ClFN2O4/c11-6-3-5(1-2-7(6)12)13-10(18)14-8(4-15)9(16)17/h1-3,8,15H,4H2,(H,16,17)(H2,13,14,18)/t8-/m1/s1. The molecule has 4 N–H and O–H groups in total. The molecule has 0 saturated heterocycles. The van der Waals surface area contributed by atoms with E-state index in [9.17, 15) is 14.0 Å². The molecule has 6 nitrogen and oxygen atoms in total. The minimum absolute atomic E-state index is 0.176. The first kappa shape index (κ1) is 14.2. The van der Waals surface area contributed by atoms with Crippen molar-refractivity contribution in [2.45, 2.75) is 6.04 Å². The molecule has 1 rings (SSSR count). The number of hydrogen-bond acceptors (Lipinski definition) is 3. The summed E-state index contributed by atoms with van der Waals surface area (Å²) in [6, 6.07) is 1.22. The number of urea groups is 1. The molecule has 1 aromatic rings. The van der Waals surface area contributed by atoms with E-state index in [1.54, 1.807) is 0 Å². The van der Waals surface area contributed by atoms with Gasteiger partial charge in [0.05, 0.1) is 11.6 Å². The SMILES string of the molecule is O=C(Nc1ccc(F)c(Cl)c1)N[C@H](CO)C(=O)O. The highest BCUT2D eigenvalue weighted by molar-refractivity contribution is 6.31. The van der Waals surface area contributed by atoms with Crippen LogP contribution in [-0.2, 0) is 4.79 Å². The zero-order chi connectivity index (χ0) is 13.7. The summed E-state index contributed by atoms with van der Waals surface area (Å²) in [5.74, 6) is -2.01. The molecule has 0 aliphatic heterocycles. The minimum Gasteiger partial charge on any atom is -0.480 e. The van der Waals surface area contributed by atoms with Crippen LogP contribution in [0.15, 0.2) is 18.2 Å². The molecule has 2 amide bonds. The van der Waals surface area contributed by atoms with Gasteiger partial charge in [-0.15, -0.1) is 0 Å². The van der Waals surface area contributed by atoms with Crippen molar-refractivity contribution < 1.29 is 24.2 Å². The lowest BCUT2D eigenvalue weighted by Gasteiger charge is -2.12. The average molecular weight is 277 g/mol. The Hall–Kier alpha value is -1.86. The average Bonchev–Trinajstić information content (AvgIpc) is 2.30. The Morgan fingerprint density at radius 3 is 2.61 bits per heavy atom. The summed E-state index contributed by atoms with van der Waals surface area (Å²) < 4.78 is 12.8. The number of benzene rings is 1. The van der Waals surface area contributed by atoms with E-state index in [0.29, 0.717) is 0 Å². The molecule has 8 heteroatoms. The number of rotatable bonds is 4. The minimum atomic E-state index is -1.42. The van der Waals surface area contributed by atoms with Crippen LogP contribution in [0.2, 0.25) is 5.02 Å². The van der Waals surface area contributed by atoms with Gasteiger partial charge in [-0.1, -0.05) is 11.6 Å². The van der Waals surface area contributed by atoms with Gasteiger partial charge < -0.3 is 20.8 Å². The van der Waals surface area contributed by atoms with Gasteiger partial charge in [0.15, 0.2) is 6.04 Å². The zero-order valence-electron chi connectivity index (χ0n) is 8.98. The number of carboxylic acids is 1. The Morgan fingerprint density at radius 2 is 2.11 bits per heavy atom. The summed E-state index contributed by atoms with van der Waals surface area (Å²) in [7, 11) is 0. The Kier molecular flexibility index (Phi) is 4.87. The molecule has 0 heterocycles. The highest BCUT2D eigenvalue weighted by Gasteiger charge is 2.18. The summed E-state index contributed by atoms with van der Waals surface area (Å²) in [5.41, 5.74) is 0.195. The first-order valence-electron chi connectivity index (χ1n) is 4.80. The van der Waals surface area contributed by atoms with Gasteiger partial charge in [0.2, 0.25) is 0 Å². The van der Waals surface area contributed by atoms with Crippen LogP contribution >= 0.6 is 11.6 Å². The van der Waals surface area contributed by atoms with Crippen molar-refractivity contribution in [2.75, 3.05) is 11.9 Å². The second-order valence-electron chi connectivity index (χ2n) is 3.30. The van der Waals surface area contributed by atoms with E-state index >= 15 is 0 Å². The van der Waals surface area contributed by atoms with Gasteiger partial charge in [-0.05, 0) is 18.2 Å². The normalized spacial score (nSPS) is 11.7. The summed E-state index contributed by atoms with van der Waals surface area (Å²) in [6.07, 6.45) is 0. The Morgan fingerprint density at radius 1 is 1.44 bits per heavy atom. The Labute approximate surface area is 106 Å². The van der Waals surface area contributed by atoms with Crippen LogP contribution < -0.4 is 10.6 Å². The number of carbonyl (C=O) groups excluding carboxylic acids is 1. The van der Waals surface area contributed by atoms with Crippen LogP contribution in [0, 0.1) is 5.82 Å². The summed E-state index contributed by atoms with van der Waals surface area (Å²) in [6.45, 7) is -0.743. The highest BCUT2D eigenvalue weighted by atomic mass is 35.5. The molecule has 0 aliphatic rings. The number of nitrogens with one attached hydrogen (secondary N) is 2. The first-order chi connectivity index (χ1) is 8.43. The van der Waals surface area contributed by atoms with Crippen molar-refractivity contribution in [2.24, 2.45) is 0 Å². The van der Waals surface area contributed by atoms with Gasteiger partial charge >= 0.3 is 12.0 Å². The number of aliphatic carboxylic acids is 1. The predicted octanol–water partition coefficient (Wildman–Crippen LogP) is 1.05. The number of aliphatic hydroxyl groups is 1. The maximum Gasteiger partial charge on any atom is 0.328 e. The molecule has 1 atom stereocenters. The third-order valence-corrected chi connectivity index (χ3v) is 2.25. The van der Waals surface area contributed by atoms with Gasteiger partial charge in [-0.2, -0.15) is 0 Å². The molecule has 18 heavy (non-hydrogen) atoms. The molecule has 0 aromatic heterocycles. The van der Waals surface area contributed by atoms with E-state index < -0.39 is 30.5 Å². The fourth-order valence-electron chi connectivity index (χ4n) is 1.08. The van der Waals surface area contributed by atoms with E-state index in [0.717, 1.165) is 6.07 Å². The second kappa shape index (κ2) is 6.18. The van der Waals surface area contributed by atoms with E-state index in [-0.39, 0.29) is 10.7 Å². The molecule has 1 aromatic carbocycles. The Balaban J connectivity index is 2.64. The summed E-state index contributed by atoms with van der Waals surface area (Å²) in [5, 5.41) is 21.4. The fourth-order valence-corrected chi connectivity index (χ4v) is 1.27. The van der Waals surface area contributed by atoms with Gasteiger partial charge in [-0.3, -0.25) is 0 Å². The van der Waals surface area contributed by atoms with Crippen LogP contribution in [-0.4, -0.2) is 34.9 Å². The van der Waals surface area contributed by atoms with Crippen molar-refractivity contribution in [1.82, 2.24) is 5.32 Å². The van der Waals surface area contributed by atoms with E-state index in [4.69, 9.17) is 21.8 Å². The number of amides is 2. The number of anilines is 1. The number of hydrogen-bond donors (Lipinski definition) is 4. The third kappa shape index (κ3) is 3.86. The van der Waals surface area contributed by atoms with Crippen LogP contribution in [0.5, 0.6) is 0 Å². The molecule has 98 valence electrons. The second-order valence-corrected chi connectivity index (χ2v) is 3.71. The van der Waals surface area contributed by atoms with Crippen molar-refractivity contribution in [3.63, 3.8) is 0 Å². The highest BCUT2D eigenvalue weighted by Crippen LogP contribution is 2.19. The number of aliphatic hydroxyl groups excluding tert-OH is 1. The maximum atomic E-state index is 12.8. The van der Waals surface area contributed by atoms with E-state index in [2.05, 4.69) is 5.32 Å². The van der Waals surface area contributed by atoms with Crippen molar-refractivity contribution in [3.05, 3.63) is 29.0 Å². The first-order valence-corrected chi connectivity index (χ1v) is 5.18. The predicted molar refractivity (Wildman–Crippen MR) is 62.1 cm³/mol. The lowest BCUT2D eigenvalue weighted by Crippen LogP contribution is -2.45. The summed E-state index contributed by atoms with van der Waals surface area (Å²) in [4.78, 5) is 21.9. The van der Waals surface area contributed by atoms with Gasteiger partial charge in [0.1, 0.15) is 5.82 Å². The molecule has 0 bridgehead atoms. The van der Waals surface area contributed by atoms with Crippen molar-refractivity contribution >= 4 is 29.3 Å². The monoisotopic (exact) mass is 276 g/mol. The zero-order valence-corrected chi connectivity index (χ0v) is 9.74. The van der Waals surface area contributed by atoms with Crippen LogP contribution in [0.3, 0.4) is 0 Å². The molecule has 0 unspecified atom stereocenters. The molecule has 0 radical (unpaired) electrons. The molecule has 0 fully saturated rings. The number of halogens is 2. The summed E-state index contributed by atoms with van der Waals surface area (Å²) >= 11 is 5.50. The van der Waals surface area contributed by atoms with Gasteiger partial charge in [0, 0.05) is 5.69 Å². The van der Waals surface area contributed by atoms with Crippen LogP contribution in [0.25, 0.3) is 0 Å². The molecular formula is C10H10ClFN2O4. The quantitative estimate of drug-likeness (QED) is 0.660. The Bertz CT molecular complexity index is 469. The van der Waals surface area contributed by atoms with Gasteiger partial charge in [0.25, 0.3) is 0 Å². The number of carbonyl (C=O) groups is 2. The van der Waals surface area contributed by atoms with E-state index in [1.165, 1.54) is 12.1 Å². The fraction of sp³-hybridized carbons (Fsp3) is 0.200. The van der Waals surface area contributed by atoms with Crippen molar-refractivity contribution in [1.29, 1.82) is 0 Å². The number of carboxylic acid groups (broad SMARTS) is 1. The molecule has 0 spiro atoms. The smallest absolute Gasteiger partial charge is 0.328 e. The topological polar surface area (TPSA) is 98.7 Å². The third-order valence-electron chi connectivity index (χ3n) is 1.96. The van der Waals surface area contributed by atoms with E-state index in [1.807, 2.05) is 5.32 Å². The maximum absolute atomic E-state index is 12.8. The lowest BCUT2D eigenvalue weighted by molar-refractivity contribution is -0.140. The molecule has 0 saturated carbocycles. The largest absolute Gasteiger partial charge is 0.480 e. The molecular weight excluding hydrogens is 267 g/mol. The lowest BCUT2D eigenvalue weighted by atomic mass is 10.3. The molecule has 0 aliphatic carbocycles.